The summed E-state index contributed by atoms with van der Waals surface area (Å²) in [5.74, 6) is 0.0974. The summed E-state index contributed by atoms with van der Waals surface area (Å²) in [7, 11) is 0. The van der Waals surface area contributed by atoms with Crippen LogP contribution < -0.4 is 0 Å². The lowest BCUT2D eigenvalue weighted by molar-refractivity contribution is -0.145. The van der Waals surface area contributed by atoms with Crippen molar-refractivity contribution in [1.29, 1.82) is 0 Å². The lowest BCUT2D eigenvalue weighted by Gasteiger charge is -2.37. The highest BCUT2D eigenvalue weighted by Crippen LogP contribution is 2.16. The van der Waals surface area contributed by atoms with E-state index in [1.54, 1.807) is 0 Å². The van der Waals surface area contributed by atoms with Crippen LogP contribution in [0.1, 0.15) is 33.1 Å². The van der Waals surface area contributed by atoms with Gasteiger partial charge in [0.2, 0.25) is 5.91 Å². The molecule has 22 heavy (non-hydrogen) atoms. The Bertz CT molecular complexity index is 381. The summed E-state index contributed by atoms with van der Waals surface area (Å²) < 4.78 is 4.97. The number of esters is 1. The molecule has 0 radical (unpaired) electrons. The molecular weight excluding hydrogens is 282 g/mol. The first kappa shape index (κ1) is 17.2. The molecule has 2 aliphatic rings. The van der Waals surface area contributed by atoms with E-state index >= 15 is 0 Å². The van der Waals surface area contributed by atoms with Gasteiger partial charge in [0.05, 0.1) is 19.7 Å². The molecule has 0 spiro atoms. The van der Waals surface area contributed by atoms with E-state index < -0.39 is 0 Å². The molecule has 2 aliphatic heterocycles. The molecule has 0 aromatic heterocycles. The van der Waals surface area contributed by atoms with Crippen LogP contribution in [-0.2, 0) is 14.3 Å². The fourth-order valence-corrected chi connectivity index (χ4v) is 3.25. The number of carbonyl (C=O) groups excluding carboxylic acids is 2. The van der Waals surface area contributed by atoms with E-state index in [1.807, 2.05) is 11.8 Å². The SMILES string of the molecule is CCOC(=O)CN1CCN(CC(=O)N2CCCCC2C)CC1. The molecule has 6 nitrogen and oxygen atoms in total. The van der Waals surface area contributed by atoms with Crippen molar-refractivity contribution in [2.45, 2.75) is 39.2 Å². The first-order valence-corrected chi connectivity index (χ1v) is 8.50. The molecule has 0 saturated carbocycles. The Labute approximate surface area is 133 Å². The van der Waals surface area contributed by atoms with Gasteiger partial charge in [0.25, 0.3) is 0 Å². The minimum absolute atomic E-state index is 0.158. The topological polar surface area (TPSA) is 53.1 Å². The average molecular weight is 311 g/mol. The maximum atomic E-state index is 12.4. The van der Waals surface area contributed by atoms with Gasteiger partial charge >= 0.3 is 5.97 Å². The smallest absolute Gasteiger partial charge is 0.320 e. The molecule has 2 saturated heterocycles. The molecule has 0 aromatic carbocycles. The summed E-state index contributed by atoms with van der Waals surface area (Å²) in [5.41, 5.74) is 0. The summed E-state index contributed by atoms with van der Waals surface area (Å²) in [6.07, 6.45) is 3.49. The quantitative estimate of drug-likeness (QED) is 0.695. The first-order valence-electron chi connectivity index (χ1n) is 8.50. The van der Waals surface area contributed by atoms with E-state index in [1.165, 1.54) is 6.42 Å². The number of amides is 1. The van der Waals surface area contributed by atoms with Gasteiger partial charge in [0, 0.05) is 38.8 Å². The molecule has 1 atom stereocenters. The Balaban J connectivity index is 1.70. The van der Waals surface area contributed by atoms with Crippen molar-refractivity contribution in [1.82, 2.24) is 14.7 Å². The maximum absolute atomic E-state index is 12.4. The van der Waals surface area contributed by atoms with Crippen LogP contribution in [0.3, 0.4) is 0 Å². The van der Waals surface area contributed by atoms with Crippen LogP contribution in [0.5, 0.6) is 0 Å². The summed E-state index contributed by atoms with van der Waals surface area (Å²) >= 11 is 0. The number of likely N-dealkylation sites (tertiary alicyclic amines) is 1. The van der Waals surface area contributed by atoms with Crippen LogP contribution in [0, 0.1) is 0 Å². The third-order valence-corrected chi connectivity index (χ3v) is 4.61. The molecule has 1 amide bonds. The van der Waals surface area contributed by atoms with Crippen molar-refractivity contribution < 1.29 is 14.3 Å². The van der Waals surface area contributed by atoms with E-state index in [2.05, 4.69) is 16.7 Å². The van der Waals surface area contributed by atoms with E-state index in [9.17, 15) is 9.59 Å². The fraction of sp³-hybridized carbons (Fsp3) is 0.875. The van der Waals surface area contributed by atoms with Gasteiger partial charge in [0.1, 0.15) is 0 Å². The number of carbonyl (C=O) groups is 2. The summed E-state index contributed by atoms with van der Waals surface area (Å²) in [6.45, 7) is 9.50. The van der Waals surface area contributed by atoms with E-state index in [-0.39, 0.29) is 11.9 Å². The van der Waals surface area contributed by atoms with Gasteiger partial charge in [-0.2, -0.15) is 0 Å². The highest BCUT2D eigenvalue weighted by Gasteiger charge is 2.26. The summed E-state index contributed by atoms with van der Waals surface area (Å²) in [4.78, 5) is 30.2. The van der Waals surface area contributed by atoms with Gasteiger partial charge in [-0.1, -0.05) is 0 Å². The van der Waals surface area contributed by atoms with E-state index in [0.29, 0.717) is 25.7 Å². The van der Waals surface area contributed by atoms with Gasteiger partial charge in [-0.25, -0.2) is 0 Å². The lowest BCUT2D eigenvalue weighted by Crippen LogP contribution is -2.52. The largest absolute Gasteiger partial charge is 0.465 e. The van der Waals surface area contributed by atoms with Crippen molar-refractivity contribution in [2.75, 3.05) is 52.4 Å². The van der Waals surface area contributed by atoms with Crippen molar-refractivity contribution in [3.8, 4) is 0 Å². The Morgan fingerprint density at radius 2 is 1.64 bits per heavy atom. The third-order valence-electron chi connectivity index (χ3n) is 4.61. The second-order valence-corrected chi connectivity index (χ2v) is 6.29. The molecule has 6 heteroatoms. The fourth-order valence-electron chi connectivity index (χ4n) is 3.25. The third kappa shape index (κ3) is 4.95. The van der Waals surface area contributed by atoms with Crippen LogP contribution in [0.25, 0.3) is 0 Å². The van der Waals surface area contributed by atoms with Crippen LogP contribution >= 0.6 is 0 Å². The molecule has 0 aromatic rings. The molecule has 0 bridgehead atoms. The minimum atomic E-state index is -0.158. The molecule has 1 unspecified atom stereocenters. The molecule has 2 fully saturated rings. The Morgan fingerprint density at radius 3 is 2.23 bits per heavy atom. The predicted molar refractivity (Wildman–Crippen MR) is 84.5 cm³/mol. The highest BCUT2D eigenvalue weighted by atomic mass is 16.5. The molecular formula is C16H29N3O3. The van der Waals surface area contributed by atoms with Crippen LogP contribution in [0.2, 0.25) is 0 Å². The van der Waals surface area contributed by atoms with Gasteiger partial charge in [-0.15, -0.1) is 0 Å². The normalized spacial score (nSPS) is 24.3. The molecule has 126 valence electrons. The number of hydrogen-bond donors (Lipinski definition) is 0. The number of hydrogen-bond acceptors (Lipinski definition) is 5. The first-order chi connectivity index (χ1) is 10.6. The number of ether oxygens (including phenoxy) is 1. The number of piperazine rings is 1. The van der Waals surface area contributed by atoms with Gasteiger partial charge in [-0.05, 0) is 33.1 Å². The van der Waals surface area contributed by atoms with Crippen molar-refractivity contribution in [3.63, 3.8) is 0 Å². The molecule has 2 heterocycles. The Hall–Kier alpha value is -1.14. The Kier molecular flexibility index (Phi) is 6.64. The van der Waals surface area contributed by atoms with Crippen molar-refractivity contribution in [2.24, 2.45) is 0 Å². The standard InChI is InChI=1S/C16H29N3O3/c1-3-22-16(21)13-18-10-8-17(9-11-18)12-15(20)19-7-5-4-6-14(19)2/h14H,3-13H2,1-2H3. The predicted octanol–water partition coefficient (Wildman–Crippen LogP) is 0.568. The molecule has 2 rings (SSSR count). The zero-order valence-electron chi connectivity index (χ0n) is 13.9. The minimum Gasteiger partial charge on any atom is -0.465 e. The van der Waals surface area contributed by atoms with Gasteiger partial charge in [-0.3, -0.25) is 19.4 Å². The van der Waals surface area contributed by atoms with Gasteiger partial charge in [0.15, 0.2) is 0 Å². The van der Waals surface area contributed by atoms with E-state index in [4.69, 9.17) is 4.74 Å². The van der Waals surface area contributed by atoms with Crippen LogP contribution in [0.15, 0.2) is 0 Å². The average Bonchev–Trinajstić information content (AvgIpc) is 2.50. The highest BCUT2D eigenvalue weighted by molar-refractivity contribution is 5.78. The summed E-state index contributed by atoms with van der Waals surface area (Å²) in [5, 5.41) is 0. The van der Waals surface area contributed by atoms with E-state index in [0.717, 1.165) is 45.6 Å². The molecule has 0 N–H and O–H groups in total. The van der Waals surface area contributed by atoms with Crippen LogP contribution in [0.4, 0.5) is 0 Å². The monoisotopic (exact) mass is 311 g/mol. The van der Waals surface area contributed by atoms with Gasteiger partial charge < -0.3 is 9.64 Å². The number of piperidine rings is 1. The number of nitrogens with zero attached hydrogens (tertiary/aromatic N) is 3. The summed E-state index contributed by atoms with van der Waals surface area (Å²) in [6, 6.07) is 0.381. The van der Waals surface area contributed by atoms with Crippen molar-refractivity contribution in [3.05, 3.63) is 0 Å². The van der Waals surface area contributed by atoms with Crippen molar-refractivity contribution >= 4 is 11.9 Å². The van der Waals surface area contributed by atoms with Crippen LogP contribution in [-0.4, -0.2) is 85.0 Å². The Morgan fingerprint density at radius 1 is 1.00 bits per heavy atom. The maximum Gasteiger partial charge on any atom is 0.320 e. The second kappa shape index (κ2) is 8.48. The zero-order chi connectivity index (χ0) is 15.9. The lowest BCUT2D eigenvalue weighted by atomic mass is 10.0. The zero-order valence-corrected chi connectivity index (χ0v) is 13.9. The molecule has 0 aliphatic carbocycles. The second-order valence-electron chi connectivity index (χ2n) is 6.29. The number of rotatable bonds is 5.